The topological polar surface area (TPSA) is 67.2 Å². The highest BCUT2D eigenvalue weighted by Gasteiger charge is 2.25. The molecular weight excluding hydrogens is 302 g/mol. The summed E-state index contributed by atoms with van der Waals surface area (Å²) in [7, 11) is 0. The largest absolute Gasteiger partial charge is 0.486 e. The van der Waals surface area contributed by atoms with Gasteiger partial charge < -0.3 is 9.47 Å². The van der Waals surface area contributed by atoms with Gasteiger partial charge in [-0.3, -0.25) is 0 Å². The monoisotopic (exact) mass is 315 g/mol. The Morgan fingerprint density at radius 1 is 1.32 bits per heavy atom. The van der Waals surface area contributed by atoms with Gasteiger partial charge in [0.25, 0.3) is 0 Å². The first-order chi connectivity index (χ1) is 10.7. The minimum Gasteiger partial charge on any atom is -0.486 e. The van der Waals surface area contributed by atoms with Crippen molar-refractivity contribution in [2.45, 2.75) is 13.0 Å². The summed E-state index contributed by atoms with van der Waals surface area (Å²) >= 11 is 6.20. The van der Waals surface area contributed by atoms with Crippen LogP contribution in [0.5, 0.6) is 11.5 Å². The third-order valence-corrected chi connectivity index (χ3v) is 3.73. The molecule has 3 rings (SSSR count). The first kappa shape index (κ1) is 14.6. The van der Waals surface area contributed by atoms with Crippen molar-refractivity contribution in [3.8, 4) is 22.6 Å². The molecule has 0 amide bonds. The van der Waals surface area contributed by atoms with E-state index in [4.69, 9.17) is 26.6 Å². The zero-order valence-corrected chi connectivity index (χ0v) is 12.7. The molecule has 0 fully saturated rings. The molecule has 1 heterocycles. The number of ether oxygens (including phenoxy) is 2. The number of hydrogen-bond acceptors (Lipinski definition) is 3. The van der Waals surface area contributed by atoms with E-state index in [-0.39, 0.29) is 12.6 Å². The maximum absolute atomic E-state index is 8.44. The van der Waals surface area contributed by atoms with Crippen molar-refractivity contribution in [2.75, 3.05) is 13.2 Å². The molecule has 5 nitrogen and oxygen atoms in total. The number of fused-ring (bicyclic) bond motifs is 1. The number of nitrogens with zero attached hydrogens (tertiary/aromatic N) is 3. The first-order valence-corrected chi connectivity index (χ1v) is 7.26. The summed E-state index contributed by atoms with van der Waals surface area (Å²) in [6, 6.07) is 11.6. The van der Waals surface area contributed by atoms with Crippen LogP contribution in [0.25, 0.3) is 21.6 Å². The number of halogens is 1. The molecule has 112 valence electrons. The van der Waals surface area contributed by atoms with Crippen LogP contribution in [0.1, 0.15) is 5.56 Å². The lowest BCUT2D eigenvalue weighted by Gasteiger charge is -2.28. The predicted octanol–water partition coefficient (Wildman–Crippen LogP) is 4.77. The average molecular weight is 316 g/mol. The summed E-state index contributed by atoms with van der Waals surface area (Å²) in [4.78, 5) is 2.76. The molecule has 0 spiro atoms. The molecule has 0 saturated heterocycles. The summed E-state index contributed by atoms with van der Waals surface area (Å²) in [5, 5.41) is 4.15. The zero-order chi connectivity index (χ0) is 15.5. The molecule has 0 radical (unpaired) electrons. The van der Waals surface area contributed by atoms with Crippen molar-refractivity contribution in [1.29, 1.82) is 0 Å². The fourth-order valence-corrected chi connectivity index (χ4v) is 2.68. The van der Waals surface area contributed by atoms with Crippen molar-refractivity contribution >= 4 is 11.6 Å². The Hall–Kier alpha value is -2.36. The fraction of sp³-hybridized carbons (Fsp3) is 0.250. The van der Waals surface area contributed by atoms with E-state index in [0.717, 1.165) is 16.7 Å². The van der Waals surface area contributed by atoms with E-state index in [1.54, 1.807) is 6.07 Å². The van der Waals surface area contributed by atoms with Crippen LogP contribution in [0.3, 0.4) is 0 Å². The predicted molar refractivity (Wildman–Crippen MR) is 85.5 cm³/mol. The molecule has 2 aromatic carbocycles. The standard InChI is InChI=1S/C16H14ClN3O2/c1-10-4-2-3-5-13(10)14-6-11(17)7-15-16(14)22-12(9-21-15)8-19-20-18/h2-7,12H,8-9H2,1H3/t12-/m0/s1. The molecule has 2 aromatic rings. The lowest BCUT2D eigenvalue weighted by molar-refractivity contribution is 0.0977. The molecule has 0 saturated carbocycles. The van der Waals surface area contributed by atoms with E-state index in [1.807, 2.05) is 37.3 Å². The number of benzene rings is 2. The SMILES string of the molecule is Cc1ccccc1-c1cc(Cl)cc2c1O[C@@H](CN=[N+]=[N-])CO2. The molecule has 22 heavy (non-hydrogen) atoms. The molecule has 1 aliphatic heterocycles. The van der Waals surface area contributed by atoms with Crippen molar-refractivity contribution in [1.82, 2.24) is 0 Å². The van der Waals surface area contributed by atoms with Gasteiger partial charge in [0.1, 0.15) is 12.7 Å². The third-order valence-electron chi connectivity index (χ3n) is 3.51. The van der Waals surface area contributed by atoms with E-state index >= 15 is 0 Å². The average Bonchev–Trinajstić information content (AvgIpc) is 2.53. The minimum absolute atomic E-state index is 0.228. The van der Waals surface area contributed by atoms with E-state index in [0.29, 0.717) is 23.1 Å². The van der Waals surface area contributed by atoms with Crippen molar-refractivity contribution in [3.63, 3.8) is 0 Å². The second kappa shape index (κ2) is 6.18. The summed E-state index contributed by atoms with van der Waals surface area (Å²) < 4.78 is 11.7. The van der Waals surface area contributed by atoms with Gasteiger partial charge in [-0.25, -0.2) is 0 Å². The van der Waals surface area contributed by atoms with E-state index < -0.39 is 0 Å². The van der Waals surface area contributed by atoms with Crippen LogP contribution in [0.2, 0.25) is 5.02 Å². The van der Waals surface area contributed by atoms with Gasteiger partial charge >= 0.3 is 0 Å². The highest BCUT2D eigenvalue weighted by atomic mass is 35.5. The highest BCUT2D eigenvalue weighted by molar-refractivity contribution is 6.31. The van der Waals surface area contributed by atoms with Gasteiger partial charge in [0.05, 0.1) is 6.54 Å². The Morgan fingerprint density at radius 3 is 2.91 bits per heavy atom. The normalized spacial score (nSPS) is 16.0. The highest BCUT2D eigenvalue weighted by Crippen LogP contribution is 2.44. The zero-order valence-electron chi connectivity index (χ0n) is 12.0. The Bertz CT molecular complexity index is 757. The summed E-state index contributed by atoms with van der Waals surface area (Å²) in [5.41, 5.74) is 11.5. The number of azide groups is 1. The van der Waals surface area contributed by atoms with Crippen LogP contribution in [0.4, 0.5) is 0 Å². The lowest BCUT2D eigenvalue weighted by Crippen LogP contribution is -2.31. The van der Waals surface area contributed by atoms with Crippen LogP contribution in [0.15, 0.2) is 41.5 Å². The van der Waals surface area contributed by atoms with Crippen LogP contribution in [0, 0.1) is 6.92 Å². The smallest absolute Gasteiger partial charge is 0.169 e. The molecular formula is C16H14ClN3O2. The Labute approximate surface area is 133 Å². The summed E-state index contributed by atoms with van der Waals surface area (Å²) in [6.07, 6.45) is -0.299. The maximum atomic E-state index is 8.44. The molecule has 0 N–H and O–H groups in total. The Balaban J connectivity index is 2.07. The summed E-state index contributed by atoms with van der Waals surface area (Å²) in [6.45, 7) is 2.59. The van der Waals surface area contributed by atoms with Crippen LogP contribution >= 0.6 is 11.6 Å². The molecule has 1 aliphatic rings. The molecule has 1 atom stereocenters. The maximum Gasteiger partial charge on any atom is 0.169 e. The Kier molecular flexibility index (Phi) is 4.09. The molecule has 0 bridgehead atoms. The lowest BCUT2D eigenvalue weighted by atomic mass is 9.99. The van der Waals surface area contributed by atoms with Gasteiger partial charge in [-0.2, -0.15) is 0 Å². The Morgan fingerprint density at radius 2 is 2.14 bits per heavy atom. The van der Waals surface area contributed by atoms with Crippen LogP contribution in [-0.2, 0) is 0 Å². The van der Waals surface area contributed by atoms with Gasteiger partial charge in [0, 0.05) is 21.6 Å². The molecule has 0 unspecified atom stereocenters. The quantitative estimate of drug-likeness (QED) is 0.465. The second-order valence-electron chi connectivity index (χ2n) is 5.06. The number of hydrogen-bond donors (Lipinski definition) is 0. The molecule has 6 heteroatoms. The third kappa shape index (κ3) is 2.82. The first-order valence-electron chi connectivity index (χ1n) is 6.89. The van der Waals surface area contributed by atoms with E-state index in [9.17, 15) is 0 Å². The van der Waals surface area contributed by atoms with Crippen molar-refractivity contribution < 1.29 is 9.47 Å². The van der Waals surface area contributed by atoms with Gasteiger partial charge in [-0.05, 0) is 29.6 Å². The fourth-order valence-electron chi connectivity index (χ4n) is 2.47. The van der Waals surface area contributed by atoms with Crippen LogP contribution in [-0.4, -0.2) is 19.3 Å². The molecule has 0 aromatic heterocycles. The van der Waals surface area contributed by atoms with Gasteiger partial charge in [0.15, 0.2) is 11.5 Å². The minimum atomic E-state index is -0.299. The van der Waals surface area contributed by atoms with Gasteiger partial charge in [0.2, 0.25) is 0 Å². The van der Waals surface area contributed by atoms with Crippen LogP contribution < -0.4 is 9.47 Å². The van der Waals surface area contributed by atoms with E-state index in [2.05, 4.69) is 10.0 Å². The van der Waals surface area contributed by atoms with Gasteiger partial charge in [-0.1, -0.05) is 41.0 Å². The number of aryl methyl sites for hydroxylation is 1. The molecule has 0 aliphatic carbocycles. The second-order valence-corrected chi connectivity index (χ2v) is 5.50. The van der Waals surface area contributed by atoms with Gasteiger partial charge in [-0.15, -0.1) is 0 Å². The van der Waals surface area contributed by atoms with Crippen molar-refractivity contribution in [2.24, 2.45) is 5.11 Å². The van der Waals surface area contributed by atoms with E-state index in [1.165, 1.54) is 0 Å². The number of rotatable bonds is 3. The summed E-state index contributed by atoms with van der Waals surface area (Å²) in [5.74, 6) is 1.26. The van der Waals surface area contributed by atoms with Crippen molar-refractivity contribution in [3.05, 3.63) is 57.4 Å².